The summed E-state index contributed by atoms with van der Waals surface area (Å²) in [6, 6.07) is 2.18. The molecule has 5 nitrogen and oxygen atoms in total. The van der Waals surface area contributed by atoms with E-state index in [0.29, 0.717) is 18.2 Å². The molecule has 1 fully saturated rings. The lowest BCUT2D eigenvalue weighted by Crippen LogP contribution is -2.39. The summed E-state index contributed by atoms with van der Waals surface area (Å²) >= 11 is 1.90. The van der Waals surface area contributed by atoms with Gasteiger partial charge in [-0.05, 0) is 5.92 Å². The van der Waals surface area contributed by atoms with E-state index in [0.717, 1.165) is 23.7 Å². The van der Waals surface area contributed by atoms with Gasteiger partial charge in [0.05, 0.1) is 0 Å². The summed E-state index contributed by atoms with van der Waals surface area (Å²) in [5.74, 6) is 3.17. The van der Waals surface area contributed by atoms with E-state index in [1.807, 2.05) is 17.8 Å². The first-order valence-corrected chi connectivity index (χ1v) is 7.47. The average Bonchev–Trinajstić information content (AvgIpc) is 2.78. The Balaban J connectivity index is 1.82. The Morgan fingerprint density at radius 3 is 3.11 bits per heavy atom. The molecule has 1 aliphatic rings. The van der Waals surface area contributed by atoms with Gasteiger partial charge in [0, 0.05) is 42.3 Å². The Hall–Kier alpha value is -1.01. The number of carbonyl (C=O) groups excluding carboxylic acids is 1. The summed E-state index contributed by atoms with van der Waals surface area (Å²) in [4.78, 5) is 11.8. The van der Waals surface area contributed by atoms with Crippen molar-refractivity contribution in [2.24, 2.45) is 0 Å². The van der Waals surface area contributed by atoms with Gasteiger partial charge in [0.2, 0.25) is 5.91 Å². The maximum absolute atomic E-state index is 11.8. The van der Waals surface area contributed by atoms with Crippen molar-refractivity contribution in [2.45, 2.75) is 32.2 Å². The van der Waals surface area contributed by atoms with Gasteiger partial charge < -0.3 is 10.6 Å². The molecule has 0 saturated carbocycles. The van der Waals surface area contributed by atoms with Crippen LogP contribution in [0.3, 0.4) is 0 Å². The van der Waals surface area contributed by atoms with Crippen LogP contribution in [0.1, 0.15) is 31.9 Å². The third-order valence-corrected chi connectivity index (χ3v) is 4.05. The molecule has 3 N–H and O–H groups in total. The first-order chi connectivity index (χ1) is 8.65. The van der Waals surface area contributed by atoms with Gasteiger partial charge in [0.15, 0.2) is 5.82 Å². The molecule has 1 aromatic rings. The Kier molecular flexibility index (Phi) is 4.66. The fourth-order valence-electron chi connectivity index (χ4n) is 1.86. The molecular formula is C12H20N4OS. The van der Waals surface area contributed by atoms with Crippen LogP contribution in [0.5, 0.6) is 0 Å². The van der Waals surface area contributed by atoms with Gasteiger partial charge in [-0.2, -0.15) is 16.9 Å². The lowest BCUT2D eigenvalue weighted by atomic mass is 10.1. The van der Waals surface area contributed by atoms with Crippen molar-refractivity contribution in [3.05, 3.63) is 11.8 Å². The average molecular weight is 268 g/mol. The Labute approximate surface area is 111 Å². The molecule has 0 spiro atoms. The minimum atomic E-state index is 0.0248. The van der Waals surface area contributed by atoms with E-state index in [9.17, 15) is 4.79 Å². The summed E-state index contributed by atoms with van der Waals surface area (Å²) in [5, 5.41) is 13.2. The van der Waals surface area contributed by atoms with Crippen LogP contribution >= 0.6 is 11.8 Å². The first-order valence-electron chi connectivity index (χ1n) is 6.31. The van der Waals surface area contributed by atoms with Crippen molar-refractivity contribution >= 4 is 23.5 Å². The predicted octanol–water partition coefficient (Wildman–Crippen LogP) is 1.57. The van der Waals surface area contributed by atoms with Crippen molar-refractivity contribution < 1.29 is 4.79 Å². The number of anilines is 1. The highest BCUT2D eigenvalue weighted by Gasteiger charge is 2.17. The molecule has 6 heteroatoms. The number of hydrogen-bond donors (Lipinski definition) is 3. The molecular weight excluding hydrogens is 248 g/mol. The molecule has 1 aliphatic heterocycles. The third-order valence-electron chi connectivity index (χ3n) is 2.92. The zero-order chi connectivity index (χ0) is 13.0. The van der Waals surface area contributed by atoms with Gasteiger partial charge in [-0.25, -0.2) is 0 Å². The lowest BCUT2D eigenvalue weighted by Gasteiger charge is -2.22. The Bertz CT molecular complexity index is 399. The highest BCUT2D eigenvalue weighted by molar-refractivity contribution is 7.99. The second-order valence-electron chi connectivity index (χ2n) is 4.84. The molecule has 0 aliphatic carbocycles. The summed E-state index contributed by atoms with van der Waals surface area (Å²) in [6.07, 6.45) is 0.511. The topological polar surface area (TPSA) is 69.8 Å². The minimum Gasteiger partial charge on any atom is -0.312 e. The molecule has 0 aromatic carbocycles. The van der Waals surface area contributed by atoms with E-state index in [-0.39, 0.29) is 11.9 Å². The van der Waals surface area contributed by atoms with Crippen LogP contribution in [0, 0.1) is 0 Å². The molecule has 0 radical (unpaired) electrons. The number of rotatable bonds is 4. The van der Waals surface area contributed by atoms with E-state index < -0.39 is 0 Å². The fraction of sp³-hybridized carbons (Fsp3) is 0.667. The van der Waals surface area contributed by atoms with E-state index in [1.54, 1.807) is 0 Å². The zero-order valence-corrected chi connectivity index (χ0v) is 11.6. The fourth-order valence-corrected chi connectivity index (χ4v) is 2.81. The highest BCUT2D eigenvalue weighted by Crippen LogP contribution is 2.15. The van der Waals surface area contributed by atoms with Crippen LogP contribution in [0.4, 0.5) is 5.82 Å². The SMILES string of the molecule is CC(C)c1cc(NC(=O)CC2CSCCN2)n[nH]1. The van der Waals surface area contributed by atoms with Gasteiger partial charge in [-0.15, -0.1) is 0 Å². The van der Waals surface area contributed by atoms with E-state index in [1.165, 1.54) is 0 Å². The number of amides is 1. The van der Waals surface area contributed by atoms with Crippen LogP contribution in [0.2, 0.25) is 0 Å². The molecule has 1 saturated heterocycles. The van der Waals surface area contributed by atoms with Crippen molar-refractivity contribution in [3.8, 4) is 0 Å². The van der Waals surface area contributed by atoms with Gasteiger partial charge in [0.1, 0.15) is 0 Å². The monoisotopic (exact) mass is 268 g/mol. The summed E-state index contributed by atoms with van der Waals surface area (Å²) in [5.41, 5.74) is 1.04. The second kappa shape index (κ2) is 6.24. The first kappa shape index (κ1) is 13.4. The smallest absolute Gasteiger partial charge is 0.227 e. The molecule has 0 bridgehead atoms. The maximum Gasteiger partial charge on any atom is 0.227 e. The number of carbonyl (C=O) groups is 1. The number of aromatic nitrogens is 2. The Morgan fingerprint density at radius 1 is 1.67 bits per heavy atom. The maximum atomic E-state index is 11.8. The molecule has 1 unspecified atom stereocenters. The molecule has 18 heavy (non-hydrogen) atoms. The molecule has 1 amide bonds. The highest BCUT2D eigenvalue weighted by atomic mass is 32.2. The number of H-pyrrole nitrogens is 1. The number of nitrogens with one attached hydrogen (secondary N) is 3. The van der Waals surface area contributed by atoms with E-state index in [4.69, 9.17) is 0 Å². The Morgan fingerprint density at radius 2 is 2.50 bits per heavy atom. The van der Waals surface area contributed by atoms with E-state index >= 15 is 0 Å². The summed E-state index contributed by atoms with van der Waals surface area (Å²) in [7, 11) is 0. The van der Waals surface area contributed by atoms with Gasteiger partial charge in [0.25, 0.3) is 0 Å². The van der Waals surface area contributed by atoms with Crippen LogP contribution in [-0.2, 0) is 4.79 Å². The second-order valence-corrected chi connectivity index (χ2v) is 5.99. The van der Waals surface area contributed by atoms with Crippen molar-refractivity contribution in [1.29, 1.82) is 0 Å². The number of nitrogens with zero attached hydrogens (tertiary/aromatic N) is 1. The summed E-state index contributed by atoms with van der Waals surface area (Å²) < 4.78 is 0. The quantitative estimate of drug-likeness (QED) is 0.775. The van der Waals surface area contributed by atoms with Crippen LogP contribution in [-0.4, -0.2) is 40.2 Å². The van der Waals surface area contributed by atoms with Crippen LogP contribution in [0.15, 0.2) is 6.07 Å². The molecule has 2 rings (SSSR count). The van der Waals surface area contributed by atoms with E-state index in [2.05, 4.69) is 34.7 Å². The number of thioether (sulfide) groups is 1. The third kappa shape index (κ3) is 3.74. The van der Waals surface area contributed by atoms with Crippen molar-refractivity contribution in [3.63, 3.8) is 0 Å². The molecule has 100 valence electrons. The minimum absolute atomic E-state index is 0.0248. The van der Waals surface area contributed by atoms with Gasteiger partial charge in [-0.1, -0.05) is 13.8 Å². The standard InChI is InChI=1S/C12H20N4OS/c1-8(2)10-6-11(16-15-10)14-12(17)5-9-7-18-4-3-13-9/h6,8-9,13H,3-5,7H2,1-2H3,(H2,14,15,16,17). The molecule has 2 heterocycles. The largest absolute Gasteiger partial charge is 0.312 e. The molecule has 1 atom stereocenters. The number of hydrogen-bond acceptors (Lipinski definition) is 4. The zero-order valence-electron chi connectivity index (χ0n) is 10.8. The normalized spacial score (nSPS) is 20.1. The molecule has 1 aromatic heterocycles. The van der Waals surface area contributed by atoms with Gasteiger partial charge in [-0.3, -0.25) is 9.89 Å². The number of aromatic amines is 1. The summed E-state index contributed by atoms with van der Waals surface area (Å²) in [6.45, 7) is 5.16. The van der Waals surface area contributed by atoms with Crippen molar-refractivity contribution in [1.82, 2.24) is 15.5 Å². The predicted molar refractivity (Wildman–Crippen MR) is 75.0 cm³/mol. The van der Waals surface area contributed by atoms with Crippen LogP contribution < -0.4 is 10.6 Å². The van der Waals surface area contributed by atoms with Crippen molar-refractivity contribution in [2.75, 3.05) is 23.4 Å². The van der Waals surface area contributed by atoms with Gasteiger partial charge >= 0.3 is 0 Å². The van der Waals surface area contributed by atoms with Crippen LogP contribution in [0.25, 0.3) is 0 Å². The lowest BCUT2D eigenvalue weighted by molar-refractivity contribution is -0.116.